The molecule has 0 bridgehead atoms. The van der Waals surface area contributed by atoms with Crippen LogP contribution in [0.2, 0.25) is 5.02 Å². The number of phenols is 1. The smallest absolute Gasteiger partial charge is 0.166 e. The molecular weight excluding hydrogens is 308 g/mol. The summed E-state index contributed by atoms with van der Waals surface area (Å²) in [5.41, 5.74) is 1.24. The van der Waals surface area contributed by atoms with Crippen molar-refractivity contribution in [3.63, 3.8) is 0 Å². The fourth-order valence-electron chi connectivity index (χ4n) is 2.62. The van der Waals surface area contributed by atoms with Gasteiger partial charge in [0, 0.05) is 6.42 Å². The van der Waals surface area contributed by atoms with E-state index in [0.29, 0.717) is 12.0 Å². The minimum absolute atomic E-state index is 0.0101. The highest BCUT2D eigenvalue weighted by atomic mass is 35.5. The number of carbonyl (C=O) groups excluding carboxylic acids is 1. The molecule has 130 valence electrons. The molecule has 0 radical (unpaired) electrons. The van der Waals surface area contributed by atoms with Crippen molar-refractivity contribution in [1.82, 2.24) is 0 Å². The molecule has 0 saturated carbocycles. The number of aromatic hydroxyl groups is 1. The maximum atomic E-state index is 12.4. The van der Waals surface area contributed by atoms with Crippen molar-refractivity contribution in [2.45, 2.75) is 84.5 Å². The summed E-state index contributed by atoms with van der Waals surface area (Å²) >= 11 is 6.10. The van der Waals surface area contributed by atoms with Crippen molar-refractivity contribution < 1.29 is 9.90 Å². The van der Waals surface area contributed by atoms with Gasteiger partial charge in [-0.05, 0) is 29.5 Å². The largest absolute Gasteiger partial charge is 0.506 e. The normalized spacial score (nSPS) is 11.7. The van der Waals surface area contributed by atoms with Crippen LogP contribution in [0.15, 0.2) is 12.1 Å². The van der Waals surface area contributed by atoms with Crippen LogP contribution >= 0.6 is 11.6 Å². The van der Waals surface area contributed by atoms with Crippen molar-refractivity contribution in [3.05, 3.63) is 28.3 Å². The molecule has 0 heterocycles. The Kier molecular flexibility index (Phi) is 8.11. The van der Waals surface area contributed by atoms with Crippen molar-refractivity contribution in [2.24, 2.45) is 0 Å². The Hall–Kier alpha value is -1.02. The first-order valence-corrected chi connectivity index (χ1v) is 9.21. The maximum Gasteiger partial charge on any atom is 0.166 e. The monoisotopic (exact) mass is 338 g/mol. The van der Waals surface area contributed by atoms with Gasteiger partial charge in [0.1, 0.15) is 5.75 Å². The second-order valence-electron chi connectivity index (χ2n) is 7.40. The summed E-state index contributed by atoms with van der Waals surface area (Å²) in [6.07, 6.45) is 8.69. The Morgan fingerprint density at radius 3 is 2.17 bits per heavy atom. The molecule has 1 aromatic carbocycles. The molecule has 1 rings (SSSR count). The summed E-state index contributed by atoms with van der Waals surface area (Å²) in [5, 5.41) is 10.4. The Morgan fingerprint density at radius 1 is 1.04 bits per heavy atom. The minimum Gasteiger partial charge on any atom is -0.506 e. The number of ketones is 1. The number of phenolic OH excluding ortho intramolecular Hbond substituents is 1. The van der Waals surface area contributed by atoms with Gasteiger partial charge >= 0.3 is 0 Å². The minimum atomic E-state index is -0.106. The van der Waals surface area contributed by atoms with Crippen LogP contribution in [0, 0.1) is 0 Å². The van der Waals surface area contributed by atoms with Crippen molar-refractivity contribution in [3.8, 4) is 5.75 Å². The fraction of sp³-hybridized carbons (Fsp3) is 0.650. The lowest BCUT2D eigenvalue weighted by Gasteiger charge is -2.21. The lowest BCUT2D eigenvalue weighted by Crippen LogP contribution is -2.13. The van der Waals surface area contributed by atoms with E-state index in [4.69, 9.17) is 11.6 Å². The summed E-state index contributed by atoms with van der Waals surface area (Å²) < 4.78 is 0. The predicted octanol–water partition coefficient (Wildman–Crippen LogP) is 6.67. The molecule has 0 atom stereocenters. The first-order valence-electron chi connectivity index (χ1n) is 8.83. The first kappa shape index (κ1) is 20.0. The molecule has 0 spiro atoms. The van der Waals surface area contributed by atoms with E-state index in [0.717, 1.165) is 18.4 Å². The number of hydrogen-bond acceptors (Lipinski definition) is 2. The van der Waals surface area contributed by atoms with Crippen molar-refractivity contribution in [2.75, 3.05) is 0 Å². The Morgan fingerprint density at radius 2 is 1.61 bits per heavy atom. The van der Waals surface area contributed by atoms with E-state index < -0.39 is 0 Å². The Balaban J connectivity index is 2.60. The van der Waals surface area contributed by atoms with Gasteiger partial charge in [-0.15, -0.1) is 0 Å². The molecule has 0 aromatic heterocycles. The van der Waals surface area contributed by atoms with Crippen LogP contribution in [0.5, 0.6) is 5.75 Å². The second kappa shape index (κ2) is 9.32. The van der Waals surface area contributed by atoms with E-state index in [9.17, 15) is 9.90 Å². The van der Waals surface area contributed by atoms with Crippen LogP contribution in [0.3, 0.4) is 0 Å². The molecule has 0 fully saturated rings. The highest BCUT2D eigenvalue weighted by Crippen LogP contribution is 2.34. The third kappa shape index (κ3) is 6.55. The molecule has 0 aliphatic heterocycles. The van der Waals surface area contributed by atoms with Gasteiger partial charge in [0.2, 0.25) is 0 Å². The maximum absolute atomic E-state index is 12.4. The van der Waals surface area contributed by atoms with Crippen LogP contribution in [0.4, 0.5) is 0 Å². The summed E-state index contributed by atoms with van der Waals surface area (Å²) in [5.74, 6) is -0.0864. The van der Waals surface area contributed by atoms with Crippen LogP contribution in [0.1, 0.15) is 95.0 Å². The average molecular weight is 339 g/mol. The van der Waals surface area contributed by atoms with Gasteiger partial charge in [-0.25, -0.2) is 0 Å². The van der Waals surface area contributed by atoms with Crippen molar-refractivity contribution >= 4 is 17.4 Å². The zero-order valence-electron chi connectivity index (χ0n) is 15.0. The molecular formula is C20H31ClO2. The molecule has 0 saturated heterocycles. The highest BCUT2D eigenvalue weighted by Gasteiger charge is 2.21. The number of Topliss-reactive ketones (excluding diaryl/α,β-unsaturated/α-hetero) is 1. The van der Waals surface area contributed by atoms with Crippen molar-refractivity contribution in [1.29, 1.82) is 0 Å². The number of carbonyl (C=O) groups is 1. The van der Waals surface area contributed by atoms with E-state index >= 15 is 0 Å². The number of rotatable bonds is 9. The third-order valence-electron chi connectivity index (χ3n) is 4.24. The lowest BCUT2D eigenvalue weighted by atomic mass is 9.85. The quantitative estimate of drug-likeness (QED) is 0.403. The van der Waals surface area contributed by atoms with Crippen LogP contribution in [-0.4, -0.2) is 10.9 Å². The SMILES string of the molecule is CCCCCCCCCC(=O)c1cc(C(C)(C)C)cc(Cl)c1O. The Labute approximate surface area is 146 Å². The summed E-state index contributed by atoms with van der Waals surface area (Å²) in [6.45, 7) is 8.42. The summed E-state index contributed by atoms with van der Waals surface area (Å²) in [6, 6.07) is 3.55. The fourth-order valence-corrected chi connectivity index (χ4v) is 2.84. The van der Waals surface area contributed by atoms with E-state index in [1.807, 2.05) is 0 Å². The Bertz CT molecular complexity index is 515. The molecule has 2 nitrogen and oxygen atoms in total. The van der Waals surface area contributed by atoms with Gasteiger partial charge in [0.25, 0.3) is 0 Å². The first-order chi connectivity index (χ1) is 10.8. The average Bonchev–Trinajstić information content (AvgIpc) is 2.47. The van der Waals surface area contributed by atoms with E-state index in [-0.39, 0.29) is 22.0 Å². The molecule has 0 aliphatic rings. The molecule has 1 aromatic rings. The number of unbranched alkanes of at least 4 members (excludes halogenated alkanes) is 6. The van der Waals surface area contributed by atoms with Crippen LogP contribution in [-0.2, 0) is 5.41 Å². The van der Waals surface area contributed by atoms with Gasteiger partial charge in [-0.3, -0.25) is 4.79 Å². The standard InChI is InChI=1S/C20H31ClO2/c1-5-6-7-8-9-10-11-12-18(22)16-13-15(20(2,3)4)14-17(21)19(16)23/h13-14,23H,5-12H2,1-4H3. The summed E-state index contributed by atoms with van der Waals surface area (Å²) in [7, 11) is 0. The van der Waals surface area contributed by atoms with E-state index in [2.05, 4.69) is 27.7 Å². The van der Waals surface area contributed by atoms with Gasteiger partial charge < -0.3 is 5.11 Å². The van der Waals surface area contributed by atoms with E-state index in [1.54, 1.807) is 12.1 Å². The zero-order chi connectivity index (χ0) is 17.5. The predicted molar refractivity (Wildman–Crippen MR) is 98.8 cm³/mol. The number of hydrogen-bond donors (Lipinski definition) is 1. The van der Waals surface area contributed by atoms with Gasteiger partial charge in [0.05, 0.1) is 10.6 Å². The van der Waals surface area contributed by atoms with Crippen LogP contribution in [0.25, 0.3) is 0 Å². The number of halogens is 1. The molecule has 3 heteroatoms. The molecule has 0 aliphatic carbocycles. The third-order valence-corrected chi connectivity index (χ3v) is 4.53. The molecule has 0 unspecified atom stereocenters. The second-order valence-corrected chi connectivity index (χ2v) is 7.81. The molecule has 23 heavy (non-hydrogen) atoms. The number of benzene rings is 1. The van der Waals surface area contributed by atoms with Crippen LogP contribution < -0.4 is 0 Å². The van der Waals surface area contributed by atoms with Gasteiger partial charge in [-0.1, -0.05) is 77.8 Å². The summed E-state index contributed by atoms with van der Waals surface area (Å²) in [4.78, 5) is 12.4. The highest BCUT2D eigenvalue weighted by molar-refractivity contribution is 6.32. The molecule has 0 amide bonds. The van der Waals surface area contributed by atoms with E-state index in [1.165, 1.54) is 32.1 Å². The zero-order valence-corrected chi connectivity index (χ0v) is 15.8. The molecule has 1 N–H and O–H groups in total. The topological polar surface area (TPSA) is 37.3 Å². The van der Waals surface area contributed by atoms with Gasteiger partial charge in [0.15, 0.2) is 5.78 Å². The van der Waals surface area contributed by atoms with Gasteiger partial charge in [-0.2, -0.15) is 0 Å². The lowest BCUT2D eigenvalue weighted by molar-refractivity contribution is 0.0976.